The van der Waals surface area contributed by atoms with E-state index in [1.165, 1.54) is 10.5 Å². The Balaban J connectivity index is 1.53. The van der Waals surface area contributed by atoms with E-state index < -0.39 is 12.2 Å². The number of hydrogen-bond donors (Lipinski definition) is 4. The standard InChI is InChI=1S/C25H32FN5O2/c1-16(2)17-8-10-19(11-9-17)24(18-6-4-3-5-7-18)28-25(33)22-12-20(26)15-31(22)23(32)13-21-14-27-30-29-21/h3-11,16,20-22,24,27,29-30H,12-15H2,1-2H3,(H,28,33)/t20-,21?,22+,24+/m1/s1. The lowest BCUT2D eigenvalue weighted by Gasteiger charge is -2.27. The molecule has 1 unspecified atom stereocenters. The maximum atomic E-state index is 14.3. The Kier molecular flexibility index (Phi) is 7.37. The normalized spacial score (nSPS) is 23.6. The van der Waals surface area contributed by atoms with Gasteiger partial charge in [0.15, 0.2) is 0 Å². The zero-order valence-corrected chi connectivity index (χ0v) is 19.1. The second kappa shape index (κ2) is 10.4. The predicted molar refractivity (Wildman–Crippen MR) is 125 cm³/mol. The molecular formula is C25H32FN5O2. The van der Waals surface area contributed by atoms with Crippen molar-refractivity contribution in [1.82, 2.24) is 26.6 Å². The van der Waals surface area contributed by atoms with Crippen molar-refractivity contribution >= 4 is 11.8 Å². The van der Waals surface area contributed by atoms with E-state index in [0.29, 0.717) is 12.5 Å². The summed E-state index contributed by atoms with van der Waals surface area (Å²) in [4.78, 5) is 27.6. The highest BCUT2D eigenvalue weighted by molar-refractivity contribution is 5.89. The predicted octanol–water partition coefficient (Wildman–Crippen LogP) is 2.33. The summed E-state index contributed by atoms with van der Waals surface area (Å²) in [6, 6.07) is 16.6. The summed E-state index contributed by atoms with van der Waals surface area (Å²) in [5.41, 5.74) is 11.7. The van der Waals surface area contributed by atoms with Gasteiger partial charge in [-0.3, -0.25) is 9.59 Å². The highest BCUT2D eigenvalue weighted by Gasteiger charge is 2.41. The van der Waals surface area contributed by atoms with Crippen LogP contribution in [0.2, 0.25) is 0 Å². The number of halogens is 1. The topological polar surface area (TPSA) is 85.5 Å². The minimum atomic E-state index is -1.21. The van der Waals surface area contributed by atoms with Gasteiger partial charge in [0, 0.05) is 25.4 Å². The fourth-order valence-corrected chi connectivity index (χ4v) is 4.45. The van der Waals surface area contributed by atoms with Gasteiger partial charge in [0.05, 0.1) is 12.6 Å². The summed E-state index contributed by atoms with van der Waals surface area (Å²) in [5.74, 6) is -0.153. The molecule has 2 heterocycles. The Morgan fingerprint density at radius 1 is 1.06 bits per heavy atom. The monoisotopic (exact) mass is 453 g/mol. The van der Waals surface area contributed by atoms with Crippen LogP contribution in [0, 0.1) is 0 Å². The van der Waals surface area contributed by atoms with E-state index in [0.717, 1.165) is 11.1 Å². The van der Waals surface area contributed by atoms with Gasteiger partial charge in [-0.25, -0.2) is 15.2 Å². The number of likely N-dealkylation sites (tertiary alicyclic amines) is 1. The van der Waals surface area contributed by atoms with Crippen LogP contribution < -0.4 is 21.7 Å². The van der Waals surface area contributed by atoms with E-state index in [9.17, 15) is 14.0 Å². The molecule has 4 rings (SSSR count). The molecule has 2 aromatic carbocycles. The lowest BCUT2D eigenvalue weighted by Crippen LogP contribution is -2.48. The number of carbonyl (C=O) groups is 2. The number of alkyl halides is 1. The molecule has 33 heavy (non-hydrogen) atoms. The molecule has 2 amide bonds. The van der Waals surface area contributed by atoms with Gasteiger partial charge >= 0.3 is 0 Å². The first-order valence-electron chi connectivity index (χ1n) is 11.5. The lowest BCUT2D eigenvalue weighted by molar-refractivity contribution is -0.139. The fraction of sp³-hybridized carbons (Fsp3) is 0.440. The summed E-state index contributed by atoms with van der Waals surface area (Å²) >= 11 is 0. The average Bonchev–Trinajstić information content (AvgIpc) is 3.47. The van der Waals surface area contributed by atoms with Crippen molar-refractivity contribution in [1.29, 1.82) is 0 Å². The van der Waals surface area contributed by atoms with Crippen LogP contribution in [0.15, 0.2) is 54.6 Å². The van der Waals surface area contributed by atoms with Crippen LogP contribution in [-0.2, 0) is 9.59 Å². The molecule has 0 saturated carbocycles. The van der Waals surface area contributed by atoms with E-state index >= 15 is 0 Å². The molecule has 0 bridgehead atoms. The van der Waals surface area contributed by atoms with Crippen LogP contribution in [0.3, 0.4) is 0 Å². The molecule has 7 nitrogen and oxygen atoms in total. The number of carbonyl (C=O) groups excluding carboxylic acids is 2. The molecule has 0 spiro atoms. The van der Waals surface area contributed by atoms with Gasteiger partial charge in [-0.2, -0.15) is 5.53 Å². The van der Waals surface area contributed by atoms with E-state index in [-0.39, 0.29) is 43.3 Å². The molecule has 4 atom stereocenters. The molecule has 2 aliphatic rings. The molecule has 8 heteroatoms. The van der Waals surface area contributed by atoms with Gasteiger partial charge < -0.3 is 10.2 Å². The van der Waals surface area contributed by atoms with Crippen molar-refractivity contribution in [2.75, 3.05) is 13.1 Å². The van der Waals surface area contributed by atoms with Crippen molar-refractivity contribution in [3.8, 4) is 0 Å². The van der Waals surface area contributed by atoms with Crippen molar-refractivity contribution in [3.05, 3.63) is 71.3 Å². The molecule has 2 aliphatic heterocycles. The van der Waals surface area contributed by atoms with Crippen LogP contribution >= 0.6 is 0 Å². The number of hydrazine groups is 2. The minimum absolute atomic E-state index is 0.0139. The maximum Gasteiger partial charge on any atom is 0.243 e. The summed E-state index contributed by atoms with van der Waals surface area (Å²) in [6.07, 6.45) is -1.01. The van der Waals surface area contributed by atoms with Crippen molar-refractivity contribution in [3.63, 3.8) is 0 Å². The van der Waals surface area contributed by atoms with E-state index in [1.54, 1.807) is 0 Å². The highest BCUT2D eigenvalue weighted by atomic mass is 19.1. The molecule has 0 aliphatic carbocycles. The minimum Gasteiger partial charge on any atom is -0.343 e. The van der Waals surface area contributed by atoms with E-state index in [1.807, 2.05) is 42.5 Å². The molecule has 4 N–H and O–H groups in total. The first-order chi connectivity index (χ1) is 15.9. The third-order valence-corrected chi connectivity index (χ3v) is 6.36. The third kappa shape index (κ3) is 5.58. The Morgan fingerprint density at radius 3 is 2.36 bits per heavy atom. The SMILES string of the molecule is CC(C)c1ccc([C@@H](NC(=O)[C@@H]2C[C@@H](F)CN2C(=O)CC2CNNN2)c2ccccc2)cc1. The largest absolute Gasteiger partial charge is 0.343 e. The van der Waals surface area contributed by atoms with Crippen molar-refractivity contribution in [2.24, 2.45) is 0 Å². The third-order valence-electron chi connectivity index (χ3n) is 6.36. The number of hydrogen-bond acceptors (Lipinski definition) is 5. The van der Waals surface area contributed by atoms with Crippen molar-refractivity contribution < 1.29 is 14.0 Å². The van der Waals surface area contributed by atoms with Gasteiger partial charge in [-0.15, -0.1) is 0 Å². The van der Waals surface area contributed by atoms with E-state index in [2.05, 4.69) is 47.7 Å². The highest BCUT2D eigenvalue weighted by Crippen LogP contribution is 2.27. The number of rotatable bonds is 7. The lowest BCUT2D eigenvalue weighted by atomic mass is 9.95. The summed E-state index contributed by atoms with van der Waals surface area (Å²) < 4.78 is 14.3. The molecule has 2 aromatic rings. The van der Waals surface area contributed by atoms with Gasteiger partial charge in [-0.05, 0) is 22.6 Å². The van der Waals surface area contributed by atoms with Gasteiger partial charge in [-0.1, -0.05) is 68.4 Å². The van der Waals surface area contributed by atoms with Crippen LogP contribution in [-0.4, -0.2) is 48.1 Å². The molecular weight excluding hydrogens is 421 g/mol. The molecule has 2 fully saturated rings. The quantitative estimate of drug-likeness (QED) is 0.517. The fourth-order valence-electron chi connectivity index (χ4n) is 4.45. The number of nitrogens with zero attached hydrogens (tertiary/aromatic N) is 1. The van der Waals surface area contributed by atoms with Crippen LogP contribution in [0.4, 0.5) is 4.39 Å². The number of amides is 2. The first kappa shape index (κ1) is 23.4. The Hall–Kier alpha value is -2.81. The van der Waals surface area contributed by atoms with Gasteiger partial charge in [0.25, 0.3) is 0 Å². The average molecular weight is 454 g/mol. The number of benzene rings is 2. The maximum absolute atomic E-state index is 14.3. The van der Waals surface area contributed by atoms with Gasteiger partial charge in [0.1, 0.15) is 12.2 Å². The molecule has 2 saturated heterocycles. The van der Waals surface area contributed by atoms with Gasteiger partial charge in [0.2, 0.25) is 11.8 Å². The second-order valence-corrected chi connectivity index (χ2v) is 9.12. The smallest absolute Gasteiger partial charge is 0.243 e. The zero-order valence-electron chi connectivity index (χ0n) is 19.1. The zero-order chi connectivity index (χ0) is 23.4. The summed E-state index contributed by atoms with van der Waals surface area (Å²) in [6.45, 7) is 4.80. The number of nitrogens with one attached hydrogen (secondary N) is 4. The van der Waals surface area contributed by atoms with E-state index in [4.69, 9.17) is 0 Å². The summed E-state index contributed by atoms with van der Waals surface area (Å²) in [7, 11) is 0. The molecule has 176 valence electrons. The Morgan fingerprint density at radius 2 is 1.73 bits per heavy atom. The van der Waals surface area contributed by atoms with Crippen LogP contribution in [0.1, 0.15) is 55.3 Å². The Labute approximate surface area is 194 Å². The first-order valence-corrected chi connectivity index (χ1v) is 11.5. The molecule has 0 aromatic heterocycles. The van der Waals surface area contributed by atoms with Crippen LogP contribution in [0.5, 0.6) is 0 Å². The Bertz CT molecular complexity index is 947. The summed E-state index contributed by atoms with van der Waals surface area (Å²) in [5, 5.41) is 3.10. The second-order valence-electron chi connectivity index (χ2n) is 9.12. The van der Waals surface area contributed by atoms with Crippen molar-refractivity contribution in [2.45, 2.75) is 56.9 Å². The van der Waals surface area contributed by atoms with Crippen LogP contribution in [0.25, 0.3) is 0 Å². The molecule has 0 radical (unpaired) electrons.